The van der Waals surface area contributed by atoms with E-state index < -0.39 is 0 Å². The fraction of sp³-hybridized carbons (Fsp3) is 0.684. The normalized spacial score (nSPS) is 20.2. The monoisotopic (exact) mass is 402 g/mol. The molecule has 1 aromatic heterocycles. The Morgan fingerprint density at radius 1 is 1.27 bits per heavy atom. The van der Waals surface area contributed by atoms with E-state index in [1.165, 1.54) is 19.3 Å². The average Bonchev–Trinajstić information content (AvgIpc) is 3.13. The van der Waals surface area contributed by atoms with E-state index in [1.807, 2.05) is 6.20 Å². The highest BCUT2D eigenvalue weighted by atomic mass is 35.5. The number of carbonyl (C=O) groups is 1. The van der Waals surface area contributed by atoms with E-state index in [9.17, 15) is 4.79 Å². The number of halogens is 2. The quantitative estimate of drug-likeness (QED) is 0.766. The fourth-order valence-electron chi connectivity index (χ4n) is 3.53. The second kappa shape index (κ2) is 11.6. The number of nitrogens with zero attached hydrogens (tertiary/aromatic N) is 2. The van der Waals surface area contributed by atoms with Crippen LogP contribution in [0.5, 0.6) is 0 Å². The Balaban J connectivity index is 0.00000169. The smallest absolute Gasteiger partial charge is 0.220 e. The predicted molar refractivity (Wildman–Crippen MR) is 111 cm³/mol. The van der Waals surface area contributed by atoms with Gasteiger partial charge in [-0.05, 0) is 62.2 Å². The van der Waals surface area contributed by atoms with Crippen molar-refractivity contribution in [2.75, 3.05) is 31.1 Å². The minimum Gasteiger partial charge on any atom is -0.357 e. The molecule has 1 unspecified atom stereocenters. The number of aromatic nitrogens is 1. The van der Waals surface area contributed by atoms with Gasteiger partial charge in [0.25, 0.3) is 0 Å². The lowest BCUT2D eigenvalue weighted by molar-refractivity contribution is -0.121. The SMILES string of the molecule is CC1CCN(c2ccc(CNC(=O)CCC3CCNC3)cn2)CC1.Cl.Cl. The zero-order valence-electron chi connectivity index (χ0n) is 15.6. The Bertz CT molecular complexity index is 527. The molecule has 0 aromatic carbocycles. The minimum absolute atomic E-state index is 0. The maximum atomic E-state index is 12.0. The summed E-state index contributed by atoms with van der Waals surface area (Å²) in [4.78, 5) is 18.9. The lowest BCUT2D eigenvalue weighted by atomic mass is 9.99. The molecule has 5 nitrogen and oxygen atoms in total. The van der Waals surface area contributed by atoms with Crippen LogP contribution in [0.3, 0.4) is 0 Å². The molecule has 148 valence electrons. The lowest BCUT2D eigenvalue weighted by Gasteiger charge is -2.31. The molecule has 7 heteroatoms. The topological polar surface area (TPSA) is 57.3 Å². The Morgan fingerprint density at radius 2 is 2.04 bits per heavy atom. The zero-order chi connectivity index (χ0) is 16.8. The first-order chi connectivity index (χ1) is 11.7. The van der Waals surface area contributed by atoms with Gasteiger partial charge in [-0.2, -0.15) is 0 Å². The summed E-state index contributed by atoms with van der Waals surface area (Å²) >= 11 is 0. The molecule has 2 aliphatic heterocycles. The van der Waals surface area contributed by atoms with Crippen molar-refractivity contribution in [2.45, 2.75) is 45.6 Å². The number of carbonyl (C=O) groups excluding carboxylic acids is 1. The first-order valence-corrected chi connectivity index (χ1v) is 9.38. The summed E-state index contributed by atoms with van der Waals surface area (Å²) in [6, 6.07) is 4.17. The van der Waals surface area contributed by atoms with E-state index in [0.717, 1.165) is 49.9 Å². The van der Waals surface area contributed by atoms with Gasteiger partial charge in [-0.25, -0.2) is 4.98 Å². The van der Waals surface area contributed by atoms with Crippen LogP contribution in [0, 0.1) is 11.8 Å². The Hall–Kier alpha value is -1.04. The second-order valence-corrected chi connectivity index (χ2v) is 7.37. The first kappa shape index (κ1) is 23.0. The van der Waals surface area contributed by atoms with Crippen LogP contribution in [-0.4, -0.2) is 37.1 Å². The Labute approximate surface area is 169 Å². The molecule has 3 heterocycles. The van der Waals surface area contributed by atoms with Gasteiger partial charge in [0.15, 0.2) is 0 Å². The highest BCUT2D eigenvalue weighted by molar-refractivity contribution is 5.85. The van der Waals surface area contributed by atoms with Gasteiger partial charge in [0.1, 0.15) is 5.82 Å². The number of piperidine rings is 1. The molecule has 3 rings (SSSR count). The molecule has 2 aliphatic rings. The van der Waals surface area contributed by atoms with Crippen LogP contribution in [0.2, 0.25) is 0 Å². The van der Waals surface area contributed by atoms with Crippen LogP contribution in [-0.2, 0) is 11.3 Å². The second-order valence-electron chi connectivity index (χ2n) is 7.37. The molecule has 0 saturated carbocycles. The first-order valence-electron chi connectivity index (χ1n) is 9.38. The highest BCUT2D eigenvalue weighted by Gasteiger charge is 2.17. The Kier molecular flexibility index (Phi) is 10.3. The van der Waals surface area contributed by atoms with Gasteiger partial charge in [0, 0.05) is 32.3 Å². The van der Waals surface area contributed by atoms with Crippen molar-refractivity contribution in [1.29, 1.82) is 0 Å². The van der Waals surface area contributed by atoms with Crippen molar-refractivity contribution < 1.29 is 4.79 Å². The van der Waals surface area contributed by atoms with Gasteiger partial charge in [-0.1, -0.05) is 13.0 Å². The fourth-order valence-corrected chi connectivity index (χ4v) is 3.53. The molecule has 2 fully saturated rings. The van der Waals surface area contributed by atoms with E-state index in [-0.39, 0.29) is 30.7 Å². The van der Waals surface area contributed by atoms with Gasteiger partial charge < -0.3 is 15.5 Å². The van der Waals surface area contributed by atoms with E-state index in [1.54, 1.807) is 0 Å². The standard InChI is InChI=1S/C19H30N4O.2ClH/c1-15-7-10-23(11-8-15)18-4-2-17(13-21-18)14-22-19(24)5-3-16-6-9-20-12-16;;/h2,4,13,15-16,20H,3,5-12,14H2,1H3,(H,22,24);2*1H. The summed E-state index contributed by atoms with van der Waals surface area (Å²) in [5, 5.41) is 6.36. The minimum atomic E-state index is 0. The van der Waals surface area contributed by atoms with Gasteiger partial charge in [-0.3, -0.25) is 4.79 Å². The molecule has 0 bridgehead atoms. The Morgan fingerprint density at radius 3 is 2.65 bits per heavy atom. The van der Waals surface area contributed by atoms with Crippen LogP contribution in [0.25, 0.3) is 0 Å². The molecule has 0 spiro atoms. The number of nitrogens with one attached hydrogen (secondary N) is 2. The van der Waals surface area contributed by atoms with Crippen LogP contribution >= 0.6 is 24.8 Å². The summed E-state index contributed by atoms with van der Waals surface area (Å²) in [7, 11) is 0. The largest absolute Gasteiger partial charge is 0.357 e. The van der Waals surface area contributed by atoms with Gasteiger partial charge in [-0.15, -0.1) is 24.8 Å². The van der Waals surface area contributed by atoms with Crippen molar-refractivity contribution in [2.24, 2.45) is 11.8 Å². The number of hydrogen-bond acceptors (Lipinski definition) is 4. The number of pyridine rings is 1. The molecule has 1 atom stereocenters. The van der Waals surface area contributed by atoms with E-state index >= 15 is 0 Å². The molecule has 0 aliphatic carbocycles. The number of hydrogen-bond donors (Lipinski definition) is 2. The van der Waals surface area contributed by atoms with Crippen molar-refractivity contribution >= 4 is 36.5 Å². The van der Waals surface area contributed by atoms with Crippen LogP contribution in [0.1, 0.15) is 44.6 Å². The molecule has 2 N–H and O–H groups in total. The summed E-state index contributed by atoms with van der Waals surface area (Å²) in [6.07, 6.45) is 7.21. The van der Waals surface area contributed by atoms with E-state index in [4.69, 9.17) is 0 Å². The zero-order valence-corrected chi connectivity index (χ0v) is 17.2. The summed E-state index contributed by atoms with van der Waals surface area (Å²) in [6.45, 7) is 7.25. The third-order valence-corrected chi connectivity index (χ3v) is 5.35. The number of rotatable bonds is 6. The summed E-state index contributed by atoms with van der Waals surface area (Å²) < 4.78 is 0. The molecule has 0 radical (unpaired) electrons. The van der Waals surface area contributed by atoms with Crippen LogP contribution in [0.15, 0.2) is 18.3 Å². The van der Waals surface area contributed by atoms with Crippen molar-refractivity contribution in [3.63, 3.8) is 0 Å². The highest BCUT2D eigenvalue weighted by Crippen LogP contribution is 2.21. The van der Waals surface area contributed by atoms with Gasteiger partial charge in [0.2, 0.25) is 5.91 Å². The summed E-state index contributed by atoms with van der Waals surface area (Å²) in [5.41, 5.74) is 1.07. The van der Waals surface area contributed by atoms with Crippen molar-refractivity contribution in [1.82, 2.24) is 15.6 Å². The third-order valence-electron chi connectivity index (χ3n) is 5.35. The lowest BCUT2D eigenvalue weighted by Crippen LogP contribution is -2.33. The van der Waals surface area contributed by atoms with E-state index in [2.05, 4.69) is 39.6 Å². The maximum Gasteiger partial charge on any atom is 0.220 e. The predicted octanol–water partition coefficient (Wildman–Crippen LogP) is 3.17. The molecule has 1 amide bonds. The van der Waals surface area contributed by atoms with E-state index in [0.29, 0.717) is 18.9 Å². The average molecular weight is 403 g/mol. The van der Waals surface area contributed by atoms with Crippen LogP contribution < -0.4 is 15.5 Å². The van der Waals surface area contributed by atoms with Gasteiger partial charge in [0.05, 0.1) is 0 Å². The summed E-state index contributed by atoms with van der Waals surface area (Å²) in [5.74, 6) is 2.71. The molecule has 2 saturated heterocycles. The maximum absolute atomic E-state index is 12.0. The van der Waals surface area contributed by atoms with Crippen molar-refractivity contribution in [3.05, 3.63) is 23.9 Å². The molecule has 1 aromatic rings. The molecular weight excluding hydrogens is 371 g/mol. The molecule has 26 heavy (non-hydrogen) atoms. The molecular formula is C19H32Cl2N4O. The number of anilines is 1. The van der Waals surface area contributed by atoms with Crippen molar-refractivity contribution in [3.8, 4) is 0 Å². The number of amides is 1. The van der Waals surface area contributed by atoms with Gasteiger partial charge >= 0.3 is 0 Å². The van der Waals surface area contributed by atoms with Crippen LogP contribution in [0.4, 0.5) is 5.82 Å². The third kappa shape index (κ3) is 6.93.